The topological polar surface area (TPSA) is 75.6 Å². The Morgan fingerprint density at radius 2 is 2.11 bits per heavy atom. The summed E-state index contributed by atoms with van der Waals surface area (Å²) in [5.74, 6) is -0.650. The normalized spacial score (nSPS) is 10.0. The van der Waals surface area contributed by atoms with Crippen molar-refractivity contribution < 1.29 is 19.4 Å². The van der Waals surface area contributed by atoms with E-state index in [4.69, 9.17) is 9.84 Å². The Morgan fingerprint density at radius 1 is 1.37 bits per heavy atom. The molecule has 0 spiro atoms. The van der Waals surface area contributed by atoms with Gasteiger partial charge in [0.1, 0.15) is 5.75 Å². The molecule has 2 N–H and O–H groups in total. The second kappa shape index (κ2) is 7.41. The summed E-state index contributed by atoms with van der Waals surface area (Å²) in [7, 11) is 0. The Hall–Kier alpha value is -2.04. The molecule has 19 heavy (non-hydrogen) atoms. The molecular weight excluding hydrogens is 246 g/mol. The van der Waals surface area contributed by atoms with Crippen LogP contribution in [0.25, 0.3) is 0 Å². The molecule has 0 saturated heterocycles. The summed E-state index contributed by atoms with van der Waals surface area (Å²) in [6.07, 6.45) is 1.97. The molecule has 0 bridgehead atoms. The Morgan fingerprint density at radius 3 is 2.68 bits per heavy atom. The fraction of sp³-hybridized carbons (Fsp3) is 0.429. The van der Waals surface area contributed by atoms with Gasteiger partial charge in [0, 0.05) is 6.54 Å². The number of carbonyl (C=O) groups excluding carboxylic acids is 1. The summed E-state index contributed by atoms with van der Waals surface area (Å²) < 4.78 is 5.31. The number of amides is 1. The Balaban J connectivity index is 2.48. The van der Waals surface area contributed by atoms with Gasteiger partial charge in [-0.15, -0.1) is 0 Å². The fourth-order valence-corrected chi connectivity index (χ4v) is 1.57. The van der Waals surface area contributed by atoms with Crippen LogP contribution in [-0.2, 0) is 4.79 Å². The van der Waals surface area contributed by atoms with Gasteiger partial charge in [-0.05, 0) is 37.1 Å². The van der Waals surface area contributed by atoms with Crippen LogP contribution in [0.5, 0.6) is 5.75 Å². The second-order valence-electron chi connectivity index (χ2n) is 4.27. The first-order valence-electron chi connectivity index (χ1n) is 6.28. The molecule has 1 aromatic carbocycles. The minimum Gasteiger partial charge on any atom is -0.484 e. The summed E-state index contributed by atoms with van der Waals surface area (Å²) in [6, 6.07) is 4.64. The van der Waals surface area contributed by atoms with Crippen molar-refractivity contribution >= 4 is 11.9 Å². The number of carbonyl (C=O) groups is 2. The minimum absolute atomic E-state index is 0.0599. The molecule has 0 aliphatic heterocycles. The minimum atomic E-state index is -0.971. The quantitative estimate of drug-likeness (QED) is 0.739. The number of rotatable bonds is 7. The fourth-order valence-electron chi connectivity index (χ4n) is 1.57. The lowest BCUT2D eigenvalue weighted by atomic mass is 10.1. The molecule has 0 saturated carbocycles. The molecule has 104 valence electrons. The third kappa shape index (κ3) is 4.99. The van der Waals surface area contributed by atoms with Crippen LogP contribution in [0.15, 0.2) is 18.2 Å². The van der Waals surface area contributed by atoms with Crippen LogP contribution in [-0.4, -0.2) is 30.1 Å². The van der Waals surface area contributed by atoms with Crippen molar-refractivity contribution in [1.82, 2.24) is 5.32 Å². The average Bonchev–Trinajstić information content (AvgIpc) is 2.36. The molecule has 5 nitrogen and oxygen atoms in total. The molecule has 0 aromatic heterocycles. The standard InChI is InChI=1S/C14H19NO4/c1-3-4-7-15-13(16)9-19-11-5-6-12(14(17)18)10(2)8-11/h5-6,8H,3-4,7,9H2,1-2H3,(H,15,16)(H,17,18). The highest BCUT2D eigenvalue weighted by atomic mass is 16.5. The lowest BCUT2D eigenvalue weighted by molar-refractivity contribution is -0.123. The molecule has 1 aromatic rings. The number of unbranched alkanes of at least 4 members (excludes halogenated alkanes) is 1. The lowest BCUT2D eigenvalue weighted by Crippen LogP contribution is -2.29. The van der Waals surface area contributed by atoms with Gasteiger partial charge in [0.2, 0.25) is 0 Å². The molecule has 0 heterocycles. The highest BCUT2D eigenvalue weighted by molar-refractivity contribution is 5.89. The van der Waals surface area contributed by atoms with Crippen LogP contribution in [0.3, 0.4) is 0 Å². The van der Waals surface area contributed by atoms with Crippen molar-refractivity contribution in [3.63, 3.8) is 0 Å². The van der Waals surface area contributed by atoms with Gasteiger partial charge in [0.05, 0.1) is 5.56 Å². The molecule has 0 atom stereocenters. The van der Waals surface area contributed by atoms with Crippen LogP contribution in [0, 0.1) is 6.92 Å². The maximum atomic E-state index is 11.4. The molecule has 0 radical (unpaired) electrons. The van der Waals surface area contributed by atoms with E-state index in [1.54, 1.807) is 19.1 Å². The lowest BCUT2D eigenvalue weighted by Gasteiger charge is -2.08. The second-order valence-corrected chi connectivity index (χ2v) is 4.27. The number of hydrogen-bond acceptors (Lipinski definition) is 3. The number of hydrogen-bond donors (Lipinski definition) is 2. The van der Waals surface area contributed by atoms with Crippen LogP contribution < -0.4 is 10.1 Å². The highest BCUT2D eigenvalue weighted by Crippen LogP contribution is 2.17. The van der Waals surface area contributed by atoms with Gasteiger partial charge in [-0.25, -0.2) is 4.79 Å². The highest BCUT2D eigenvalue weighted by Gasteiger charge is 2.08. The Labute approximate surface area is 112 Å². The van der Waals surface area contributed by atoms with E-state index in [9.17, 15) is 9.59 Å². The monoisotopic (exact) mass is 265 g/mol. The predicted molar refractivity (Wildman–Crippen MR) is 71.6 cm³/mol. The SMILES string of the molecule is CCCCNC(=O)COc1ccc(C(=O)O)c(C)c1. The van der Waals surface area contributed by atoms with Gasteiger partial charge in [0.15, 0.2) is 6.61 Å². The molecular formula is C14H19NO4. The summed E-state index contributed by atoms with van der Waals surface area (Å²) in [5, 5.41) is 11.6. The van der Waals surface area contributed by atoms with Crippen molar-refractivity contribution in [1.29, 1.82) is 0 Å². The zero-order valence-electron chi connectivity index (χ0n) is 11.2. The summed E-state index contributed by atoms with van der Waals surface area (Å²) in [4.78, 5) is 22.3. The van der Waals surface area contributed by atoms with Gasteiger partial charge in [-0.3, -0.25) is 4.79 Å². The van der Waals surface area contributed by atoms with Crippen molar-refractivity contribution in [3.05, 3.63) is 29.3 Å². The van der Waals surface area contributed by atoms with Crippen LogP contribution >= 0.6 is 0 Å². The van der Waals surface area contributed by atoms with Crippen LogP contribution in [0.1, 0.15) is 35.7 Å². The van der Waals surface area contributed by atoms with E-state index in [-0.39, 0.29) is 18.1 Å². The first-order chi connectivity index (χ1) is 9.04. The van der Waals surface area contributed by atoms with Gasteiger partial charge in [0.25, 0.3) is 5.91 Å². The maximum Gasteiger partial charge on any atom is 0.335 e. The van der Waals surface area contributed by atoms with Crippen LogP contribution in [0.2, 0.25) is 0 Å². The summed E-state index contributed by atoms with van der Waals surface area (Å²) in [6.45, 7) is 4.33. The smallest absolute Gasteiger partial charge is 0.335 e. The predicted octanol–water partition coefficient (Wildman–Crippen LogP) is 1.99. The van der Waals surface area contributed by atoms with E-state index in [1.807, 2.05) is 0 Å². The molecule has 1 rings (SSSR count). The first-order valence-corrected chi connectivity index (χ1v) is 6.28. The van der Waals surface area contributed by atoms with Gasteiger partial charge in [-0.2, -0.15) is 0 Å². The molecule has 0 unspecified atom stereocenters. The zero-order chi connectivity index (χ0) is 14.3. The van der Waals surface area contributed by atoms with Crippen molar-refractivity contribution in [2.75, 3.05) is 13.2 Å². The van der Waals surface area contributed by atoms with E-state index >= 15 is 0 Å². The van der Waals surface area contributed by atoms with Gasteiger partial charge in [-0.1, -0.05) is 13.3 Å². The van der Waals surface area contributed by atoms with Gasteiger partial charge < -0.3 is 15.2 Å². The van der Waals surface area contributed by atoms with E-state index in [0.29, 0.717) is 17.9 Å². The number of carboxylic acids is 1. The summed E-state index contributed by atoms with van der Waals surface area (Å²) >= 11 is 0. The molecule has 0 fully saturated rings. The number of aryl methyl sites for hydroxylation is 1. The number of nitrogens with one attached hydrogen (secondary N) is 1. The molecule has 0 aliphatic rings. The Kier molecular flexibility index (Phi) is 5.85. The molecule has 5 heteroatoms. The van der Waals surface area contributed by atoms with Crippen molar-refractivity contribution in [2.24, 2.45) is 0 Å². The number of ether oxygens (including phenoxy) is 1. The van der Waals surface area contributed by atoms with Crippen molar-refractivity contribution in [2.45, 2.75) is 26.7 Å². The maximum absolute atomic E-state index is 11.4. The van der Waals surface area contributed by atoms with E-state index in [1.165, 1.54) is 6.07 Å². The number of benzene rings is 1. The van der Waals surface area contributed by atoms with Crippen molar-refractivity contribution in [3.8, 4) is 5.75 Å². The average molecular weight is 265 g/mol. The largest absolute Gasteiger partial charge is 0.484 e. The van der Waals surface area contributed by atoms with Gasteiger partial charge >= 0.3 is 5.97 Å². The van der Waals surface area contributed by atoms with Crippen LogP contribution in [0.4, 0.5) is 0 Å². The third-order valence-corrected chi connectivity index (χ3v) is 2.65. The first kappa shape index (κ1) is 15.0. The zero-order valence-corrected chi connectivity index (χ0v) is 11.2. The summed E-state index contributed by atoms with van der Waals surface area (Å²) in [5.41, 5.74) is 0.844. The van der Waals surface area contributed by atoms with E-state index in [2.05, 4.69) is 12.2 Å². The van der Waals surface area contributed by atoms with E-state index in [0.717, 1.165) is 12.8 Å². The van der Waals surface area contributed by atoms with E-state index < -0.39 is 5.97 Å². The molecule has 0 aliphatic carbocycles. The third-order valence-electron chi connectivity index (χ3n) is 2.65. The Bertz CT molecular complexity index is 457. The number of aromatic carboxylic acids is 1. The number of carboxylic acid groups (broad SMARTS) is 1. The molecule has 1 amide bonds.